The SMILES string of the molecule is O=c1cc(CNC2CC2)nc(-c2ncccn2)[nH]1. The molecule has 0 aliphatic heterocycles. The molecule has 0 spiro atoms. The average Bonchev–Trinajstić information content (AvgIpc) is 3.21. The van der Waals surface area contributed by atoms with Crippen molar-refractivity contribution >= 4 is 0 Å². The van der Waals surface area contributed by atoms with E-state index < -0.39 is 0 Å². The second kappa shape index (κ2) is 4.66. The molecule has 0 unspecified atom stereocenters. The van der Waals surface area contributed by atoms with Crippen LogP contribution >= 0.6 is 0 Å². The Morgan fingerprint density at radius 2 is 2.11 bits per heavy atom. The zero-order valence-electron chi connectivity index (χ0n) is 9.76. The fraction of sp³-hybridized carbons (Fsp3) is 0.333. The maximum atomic E-state index is 11.6. The van der Waals surface area contributed by atoms with Crippen LogP contribution in [0, 0.1) is 0 Å². The number of aromatic amines is 1. The summed E-state index contributed by atoms with van der Waals surface area (Å²) in [5.74, 6) is 0.846. The number of aromatic nitrogens is 4. The van der Waals surface area contributed by atoms with Gasteiger partial charge in [0.1, 0.15) is 0 Å². The normalized spacial score (nSPS) is 14.7. The molecular weight excluding hydrogens is 230 g/mol. The van der Waals surface area contributed by atoms with Crippen molar-refractivity contribution in [2.75, 3.05) is 0 Å². The van der Waals surface area contributed by atoms with E-state index >= 15 is 0 Å². The predicted molar refractivity (Wildman–Crippen MR) is 65.7 cm³/mol. The number of hydrogen-bond acceptors (Lipinski definition) is 5. The van der Waals surface area contributed by atoms with Crippen LogP contribution in [-0.2, 0) is 6.54 Å². The van der Waals surface area contributed by atoms with Crippen molar-refractivity contribution < 1.29 is 0 Å². The van der Waals surface area contributed by atoms with E-state index in [1.807, 2.05) is 0 Å². The first kappa shape index (κ1) is 11.0. The Labute approximate surface area is 104 Å². The molecule has 0 atom stereocenters. The molecule has 2 N–H and O–H groups in total. The molecule has 2 aromatic rings. The summed E-state index contributed by atoms with van der Waals surface area (Å²) in [5, 5.41) is 3.32. The van der Waals surface area contributed by atoms with E-state index in [2.05, 4.69) is 25.3 Å². The van der Waals surface area contributed by atoms with Gasteiger partial charge < -0.3 is 10.3 Å². The topological polar surface area (TPSA) is 83.6 Å². The van der Waals surface area contributed by atoms with Crippen LogP contribution in [0.4, 0.5) is 0 Å². The van der Waals surface area contributed by atoms with Gasteiger partial charge in [0, 0.05) is 31.0 Å². The minimum Gasteiger partial charge on any atom is -0.308 e. The minimum atomic E-state index is -0.181. The smallest absolute Gasteiger partial charge is 0.251 e. The van der Waals surface area contributed by atoms with Crippen molar-refractivity contribution in [2.45, 2.75) is 25.4 Å². The number of hydrogen-bond donors (Lipinski definition) is 2. The lowest BCUT2D eigenvalue weighted by atomic mass is 10.3. The van der Waals surface area contributed by atoms with Gasteiger partial charge in [-0.25, -0.2) is 15.0 Å². The van der Waals surface area contributed by atoms with Crippen LogP contribution < -0.4 is 10.9 Å². The summed E-state index contributed by atoms with van der Waals surface area (Å²) in [6, 6.07) is 3.81. The third-order valence-electron chi connectivity index (χ3n) is 2.72. The highest BCUT2D eigenvalue weighted by Crippen LogP contribution is 2.19. The van der Waals surface area contributed by atoms with E-state index in [9.17, 15) is 4.79 Å². The van der Waals surface area contributed by atoms with E-state index in [1.54, 1.807) is 18.5 Å². The fourth-order valence-corrected chi connectivity index (χ4v) is 1.66. The van der Waals surface area contributed by atoms with Gasteiger partial charge in [-0.2, -0.15) is 0 Å². The van der Waals surface area contributed by atoms with Gasteiger partial charge in [0.15, 0.2) is 11.6 Å². The average molecular weight is 243 g/mol. The molecule has 0 saturated heterocycles. The van der Waals surface area contributed by atoms with Gasteiger partial charge in [0.25, 0.3) is 5.56 Å². The van der Waals surface area contributed by atoms with E-state index in [1.165, 1.54) is 18.9 Å². The highest BCUT2D eigenvalue weighted by molar-refractivity contribution is 5.41. The van der Waals surface area contributed by atoms with Crippen molar-refractivity contribution in [1.82, 2.24) is 25.3 Å². The van der Waals surface area contributed by atoms with Crippen molar-refractivity contribution in [2.24, 2.45) is 0 Å². The monoisotopic (exact) mass is 243 g/mol. The second-order valence-corrected chi connectivity index (χ2v) is 4.31. The zero-order chi connectivity index (χ0) is 12.4. The van der Waals surface area contributed by atoms with Crippen LogP contribution in [0.2, 0.25) is 0 Å². The largest absolute Gasteiger partial charge is 0.308 e. The number of rotatable bonds is 4. The van der Waals surface area contributed by atoms with Gasteiger partial charge in [0.05, 0.1) is 5.69 Å². The molecule has 1 aliphatic carbocycles. The Kier molecular flexibility index (Phi) is 2.85. The maximum Gasteiger partial charge on any atom is 0.251 e. The van der Waals surface area contributed by atoms with E-state index in [4.69, 9.17) is 0 Å². The van der Waals surface area contributed by atoms with Crippen LogP contribution in [-0.4, -0.2) is 26.0 Å². The summed E-state index contributed by atoms with van der Waals surface area (Å²) >= 11 is 0. The summed E-state index contributed by atoms with van der Waals surface area (Å²) in [6.45, 7) is 0.606. The van der Waals surface area contributed by atoms with Gasteiger partial charge in [-0.1, -0.05) is 0 Å². The molecular formula is C12H13N5O. The molecule has 1 saturated carbocycles. The molecule has 92 valence electrons. The maximum absolute atomic E-state index is 11.6. The number of H-pyrrole nitrogens is 1. The molecule has 0 radical (unpaired) electrons. The molecule has 1 fully saturated rings. The molecule has 18 heavy (non-hydrogen) atoms. The Morgan fingerprint density at radius 3 is 2.83 bits per heavy atom. The van der Waals surface area contributed by atoms with Crippen LogP contribution in [0.25, 0.3) is 11.6 Å². The third-order valence-corrected chi connectivity index (χ3v) is 2.72. The quantitative estimate of drug-likeness (QED) is 0.816. The molecule has 6 nitrogen and oxygen atoms in total. The number of nitrogens with one attached hydrogen (secondary N) is 2. The van der Waals surface area contributed by atoms with Crippen molar-refractivity contribution in [3.05, 3.63) is 40.6 Å². The molecule has 0 aromatic carbocycles. The summed E-state index contributed by atoms with van der Waals surface area (Å²) in [5.41, 5.74) is 0.535. The van der Waals surface area contributed by atoms with Crippen LogP contribution in [0.1, 0.15) is 18.5 Å². The van der Waals surface area contributed by atoms with Crippen molar-refractivity contribution in [3.63, 3.8) is 0 Å². The summed E-state index contributed by atoms with van der Waals surface area (Å²) < 4.78 is 0. The Hall–Kier alpha value is -2.08. The molecule has 0 amide bonds. The van der Waals surface area contributed by atoms with Gasteiger partial charge in [-0.05, 0) is 18.9 Å². The van der Waals surface area contributed by atoms with Crippen molar-refractivity contribution in [1.29, 1.82) is 0 Å². The van der Waals surface area contributed by atoms with Crippen molar-refractivity contribution in [3.8, 4) is 11.6 Å². The molecule has 3 rings (SSSR count). The first-order valence-corrected chi connectivity index (χ1v) is 5.92. The van der Waals surface area contributed by atoms with Gasteiger partial charge in [0.2, 0.25) is 0 Å². The van der Waals surface area contributed by atoms with Gasteiger partial charge in [-0.15, -0.1) is 0 Å². The van der Waals surface area contributed by atoms with Crippen LogP contribution in [0.5, 0.6) is 0 Å². The summed E-state index contributed by atoms with van der Waals surface area (Å²) in [4.78, 5) is 26.7. The van der Waals surface area contributed by atoms with Gasteiger partial charge >= 0.3 is 0 Å². The van der Waals surface area contributed by atoms with Gasteiger partial charge in [-0.3, -0.25) is 4.79 Å². The van der Waals surface area contributed by atoms with E-state index in [0.717, 1.165) is 0 Å². The van der Waals surface area contributed by atoms with Crippen LogP contribution in [0.15, 0.2) is 29.3 Å². The zero-order valence-corrected chi connectivity index (χ0v) is 9.76. The summed E-state index contributed by atoms with van der Waals surface area (Å²) in [6.07, 6.45) is 5.66. The predicted octanol–water partition coefficient (Wildman–Crippen LogP) is 0.479. The summed E-state index contributed by atoms with van der Waals surface area (Å²) in [7, 11) is 0. The molecule has 2 aromatic heterocycles. The molecule has 2 heterocycles. The Morgan fingerprint density at radius 1 is 1.33 bits per heavy atom. The highest BCUT2D eigenvalue weighted by Gasteiger charge is 2.20. The Balaban J connectivity index is 1.87. The number of nitrogens with zero attached hydrogens (tertiary/aromatic N) is 3. The highest BCUT2D eigenvalue weighted by atomic mass is 16.1. The standard InChI is InChI=1S/C12H13N5O/c18-10-6-9(7-15-8-2-3-8)16-12(17-10)11-13-4-1-5-14-11/h1,4-6,8,15H,2-3,7H2,(H,16,17,18). The fourth-order valence-electron chi connectivity index (χ4n) is 1.66. The first-order chi connectivity index (χ1) is 8.81. The molecule has 1 aliphatic rings. The first-order valence-electron chi connectivity index (χ1n) is 5.92. The lowest BCUT2D eigenvalue weighted by molar-refractivity contribution is 0.672. The Bertz CT molecular complexity index is 591. The lowest BCUT2D eigenvalue weighted by Crippen LogP contribution is -2.19. The second-order valence-electron chi connectivity index (χ2n) is 4.31. The third kappa shape index (κ3) is 2.60. The molecule has 0 bridgehead atoms. The lowest BCUT2D eigenvalue weighted by Gasteiger charge is -2.04. The van der Waals surface area contributed by atoms with E-state index in [-0.39, 0.29) is 5.56 Å². The minimum absolute atomic E-state index is 0.181. The van der Waals surface area contributed by atoms with E-state index in [0.29, 0.717) is 29.9 Å². The molecule has 6 heteroatoms. The van der Waals surface area contributed by atoms with Crippen LogP contribution in [0.3, 0.4) is 0 Å².